The zero-order chi connectivity index (χ0) is 20.1. The molecule has 0 radical (unpaired) electrons. The second-order valence-electron chi connectivity index (χ2n) is 8.03. The largest absolute Gasteiger partial charge is 0.466 e. The van der Waals surface area contributed by atoms with E-state index >= 15 is 0 Å². The van der Waals surface area contributed by atoms with E-state index in [9.17, 15) is 9.59 Å². The Morgan fingerprint density at radius 3 is 2.19 bits per heavy atom. The Morgan fingerprint density at radius 1 is 1.23 bits per heavy atom. The fraction of sp³-hybridized carbons (Fsp3) is 0.700. The second kappa shape index (κ2) is 9.21. The van der Waals surface area contributed by atoms with Crippen molar-refractivity contribution >= 4 is 12.1 Å². The number of nitrogens with zero attached hydrogens (tertiary/aromatic N) is 2. The molecule has 6 heteroatoms. The fourth-order valence-electron chi connectivity index (χ4n) is 3.28. The van der Waals surface area contributed by atoms with Crippen LogP contribution in [0.25, 0.3) is 0 Å². The van der Waals surface area contributed by atoms with Gasteiger partial charge in [0.2, 0.25) is 0 Å². The van der Waals surface area contributed by atoms with E-state index < -0.39 is 5.60 Å². The third-order valence-corrected chi connectivity index (χ3v) is 4.49. The van der Waals surface area contributed by atoms with Gasteiger partial charge in [-0.25, -0.2) is 9.59 Å². The van der Waals surface area contributed by atoms with Gasteiger partial charge in [0.25, 0.3) is 0 Å². The molecule has 0 aromatic heterocycles. The van der Waals surface area contributed by atoms with Crippen LogP contribution in [0, 0.1) is 5.92 Å². The lowest BCUT2D eigenvalue weighted by atomic mass is 9.97. The van der Waals surface area contributed by atoms with E-state index in [-0.39, 0.29) is 30.1 Å². The average molecular weight is 367 g/mol. The molecule has 0 bridgehead atoms. The van der Waals surface area contributed by atoms with Crippen molar-refractivity contribution in [2.24, 2.45) is 5.92 Å². The molecule has 26 heavy (non-hydrogen) atoms. The van der Waals surface area contributed by atoms with Gasteiger partial charge in [0, 0.05) is 43.2 Å². The molecule has 1 rings (SSSR count). The number of hydrogen-bond acceptors (Lipinski definition) is 5. The van der Waals surface area contributed by atoms with Gasteiger partial charge in [-0.15, -0.1) is 0 Å². The van der Waals surface area contributed by atoms with Crippen LogP contribution in [-0.2, 0) is 14.3 Å². The number of hydrogen-bond donors (Lipinski definition) is 0. The van der Waals surface area contributed by atoms with Crippen LogP contribution in [0.3, 0.4) is 0 Å². The van der Waals surface area contributed by atoms with Crippen molar-refractivity contribution in [3.63, 3.8) is 0 Å². The van der Waals surface area contributed by atoms with E-state index in [2.05, 4.69) is 25.3 Å². The molecule has 1 amide bonds. The zero-order valence-electron chi connectivity index (χ0n) is 17.2. The smallest absolute Gasteiger partial charge is 0.410 e. The summed E-state index contributed by atoms with van der Waals surface area (Å²) >= 11 is 0. The summed E-state index contributed by atoms with van der Waals surface area (Å²) in [5.74, 6) is -0.330. The van der Waals surface area contributed by atoms with E-state index in [1.54, 1.807) is 17.1 Å². The molecule has 0 saturated carbocycles. The first-order chi connectivity index (χ1) is 12.0. The number of piperazine rings is 1. The Bertz CT molecular complexity index is 539. The summed E-state index contributed by atoms with van der Waals surface area (Å²) in [6.07, 6.45) is 3.05. The summed E-state index contributed by atoms with van der Waals surface area (Å²) in [7, 11) is 1.39. The molecule has 3 unspecified atom stereocenters. The molecule has 1 heterocycles. The number of carbonyl (C=O) groups excluding carboxylic acids is 2. The van der Waals surface area contributed by atoms with Crippen LogP contribution in [0.4, 0.5) is 4.79 Å². The third kappa shape index (κ3) is 6.16. The van der Waals surface area contributed by atoms with Crippen molar-refractivity contribution in [1.29, 1.82) is 0 Å². The van der Waals surface area contributed by atoms with E-state index in [0.717, 1.165) is 0 Å². The van der Waals surface area contributed by atoms with Crippen molar-refractivity contribution in [3.8, 4) is 0 Å². The van der Waals surface area contributed by atoms with Gasteiger partial charge in [0.05, 0.1) is 7.11 Å². The molecular weight excluding hydrogens is 332 g/mol. The summed E-state index contributed by atoms with van der Waals surface area (Å²) in [4.78, 5) is 28.4. The lowest BCUT2D eigenvalue weighted by Gasteiger charge is -2.45. The number of ether oxygens (including phenoxy) is 2. The van der Waals surface area contributed by atoms with Crippen LogP contribution in [0.15, 0.2) is 24.3 Å². The molecule has 0 aliphatic carbocycles. The normalized spacial score (nSPS) is 23.3. The van der Waals surface area contributed by atoms with Gasteiger partial charge in [0.1, 0.15) is 5.60 Å². The van der Waals surface area contributed by atoms with Gasteiger partial charge in [-0.2, -0.15) is 0 Å². The predicted molar refractivity (Wildman–Crippen MR) is 103 cm³/mol. The highest BCUT2D eigenvalue weighted by Gasteiger charge is 2.35. The minimum atomic E-state index is -0.500. The van der Waals surface area contributed by atoms with Crippen molar-refractivity contribution < 1.29 is 19.1 Å². The quantitative estimate of drug-likeness (QED) is 0.425. The van der Waals surface area contributed by atoms with Crippen molar-refractivity contribution in [2.75, 3.05) is 26.7 Å². The Hall–Kier alpha value is -1.82. The maximum Gasteiger partial charge on any atom is 0.410 e. The molecule has 0 aromatic carbocycles. The van der Waals surface area contributed by atoms with Crippen LogP contribution >= 0.6 is 0 Å². The van der Waals surface area contributed by atoms with Crippen LogP contribution in [0.1, 0.15) is 41.5 Å². The van der Waals surface area contributed by atoms with Crippen LogP contribution in [0.2, 0.25) is 0 Å². The number of esters is 1. The summed E-state index contributed by atoms with van der Waals surface area (Å²) in [6, 6.07) is 0.327. The zero-order valence-corrected chi connectivity index (χ0v) is 17.2. The van der Waals surface area contributed by atoms with Gasteiger partial charge in [0.15, 0.2) is 0 Å². The molecule has 3 atom stereocenters. The summed E-state index contributed by atoms with van der Waals surface area (Å²) in [5.41, 5.74) is 0.108. The first kappa shape index (κ1) is 22.2. The minimum absolute atomic E-state index is 0.00146. The van der Waals surface area contributed by atoms with E-state index in [1.165, 1.54) is 7.11 Å². The first-order valence-electron chi connectivity index (χ1n) is 9.14. The highest BCUT2D eigenvalue weighted by atomic mass is 16.6. The van der Waals surface area contributed by atoms with Crippen LogP contribution < -0.4 is 0 Å². The number of amides is 1. The Kier molecular flexibility index (Phi) is 7.87. The van der Waals surface area contributed by atoms with Crippen LogP contribution in [-0.4, -0.2) is 66.3 Å². The predicted octanol–water partition coefficient (Wildman–Crippen LogP) is 3.24. The highest BCUT2D eigenvalue weighted by Crippen LogP contribution is 2.23. The molecule has 6 nitrogen and oxygen atoms in total. The lowest BCUT2D eigenvalue weighted by molar-refractivity contribution is -0.136. The number of methoxy groups -OCH3 is 1. The molecular formula is C20H34N2O4. The minimum Gasteiger partial charge on any atom is -0.466 e. The highest BCUT2D eigenvalue weighted by molar-refractivity contribution is 5.89. The molecule has 1 saturated heterocycles. The van der Waals surface area contributed by atoms with Crippen LogP contribution in [0.5, 0.6) is 0 Å². The molecule has 1 aliphatic heterocycles. The molecule has 0 N–H and O–H groups in total. The van der Waals surface area contributed by atoms with Gasteiger partial charge in [-0.1, -0.05) is 25.7 Å². The second-order valence-corrected chi connectivity index (χ2v) is 8.03. The van der Waals surface area contributed by atoms with Crippen molar-refractivity contribution in [2.45, 2.75) is 59.2 Å². The maximum absolute atomic E-state index is 12.4. The number of rotatable bonds is 5. The Morgan fingerprint density at radius 2 is 1.77 bits per heavy atom. The Labute approximate surface area is 157 Å². The van der Waals surface area contributed by atoms with E-state index in [1.807, 2.05) is 27.7 Å². The van der Waals surface area contributed by atoms with Crippen molar-refractivity contribution in [3.05, 3.63) is 24.3 Å². The van der Waals surface area contributed by atoms with Gasteiger partial charge in [-0.05, 0) is 34.6 Å². The number of allylic oxidation sites excluding steroid dienone is 2. The average Bonchev–Trinajstić information content (AvgIpc) is 2.53. The number of carbonyl (C=O) groups is 2. The topological polar surface area (TPSA) is 59.1 Å². The van der Waals surface area contributed by atoms with Crippen molar-refractivity contribution in [1.82, 2.24) is 9.80 Å². The Balaban J connectivity index is 2.79. The lowest BCUT2D eigenvalue weighted by Crippen LogP contribution is -2.59. The SMILES string of the molecule is C=C/C=C(/C(=O)OC)C(C)CN1C(C)CN(C(=O)OC(C)(C)C)CC1C. The molecule has 1 fully saturated rings. The molecule has 0 aromatic rings. The van der Waals surface area contributed by atoms with Gasteiger partial charge < -0.3 is 14.4 Å². The van der Waals surface area contributed by atoms with Gasteiger partial charge in [-0.3, -0.25) is 4.90 Å². The molecule has 0 spiro atoms. The molecule has 148 valence electrons. The third-order valence-electron chi connectivity index (χ3n) is 4.49. The van der Waals surface area contributed by atoms with E-state index in [4.69, 9.17) is 9.47 Å². The molecule has 1 aliphatic rings. The summed E-state index contributed by atoms with van der Waals surface area (Å²) < 4.78 is 10.4. The summed E-state index contributed by atoms with van der Waals surface area (Å²) in [6.45, 7) is 17.4. The first-order valence-corrected chi connectivity index (χ1v) is 9.14. The van der Waals surface area contributed by atoms with E-state index in [0.29, 0.717) is 25.2 Å². The fourth-order valence-corrected chi connectivity index (χ4v) is 3.28. The summed E-state index contributed by atoms with van der Waals surface area (Å²) in [5, 5.41) is 0. The van der Waals surface area contributed by atoms with Gasteiger partial charge >= 0.3 is 12.1 Å². The monoisotopic (exact) mass is 366 g/mol. The standard InChI is InChI=1S/C20H34N2O4/c1-9-10-17(18(23)25-8)14(2)11-22-15(3)12-21(13-16(22)4)19(24)26-20(5,6)7/h9-10,14-16H,1,11-13H2,2-8H3/b17-10+. The maximum atomic E-state index is 12.4.